The quantitative estimate of drug-likeness (QED) is 0.877. The highest BCUT2D eigenvalue weighted by atomic mass is 32.1. The number of ether oxygens (including phenoxy) is 1. The number of anilines is 2. The number of amides is 1. The highest BCUT2D eigenvalue weighted by molar-refractivity contribution is 7.18. The van der Waals surface area contributed by atoms with Gasteiger partial charge in [0, 0.05) is 19.6 Å². The minimum atomic E-state index is -0.104. The van der Waals surface area contributed by atoms with Crippen LogP contribution in [0.1, 0.15) is 29.9 Å². The van der Waals surface area contributed by atoms with E-state index in [1.807, 2.05) is 0 Å². The van der Waals surface area contributed by atoms with Gasteiger partial charge in [-0.05, 0) is 17.8 Å². The standard InChI is InChI=1S/C14H22N4O2S/c1-14(2)7-9(14)8-16-12(19)10-11(15)17-13(21-10)18-3-5-20-6-4-18/h9H,3-8,15H2,1-2H3,(H,16,19). The Balaban J connectivity index is 1.62. The number of carbonyl (C=O) groups excluding carboxylic acids is 1. The van der Waals surface area contributed by atoms with Gasteiger partial charge in [-0.3, -0.25) is 4.79 Å². The van der Waals surface area contributed by atoms with E-state index in [1.165, 1.54) is 17.8 Å². The van der Waals surface area contributed by atoms with E-state index in [4.69, 9.17) is 10.5 Å². The normalized spacial score (nSPS) is 23.9. The zero-order valence-corrected chi connectivity index (χ0v) is 13.3. The molecule has 2 heterocycles. The molecule has 116 valence electrons. The van der Waals surface area contributed by atoms with E-state index in [1.54, 1.807) is 0 Å². The molecule has 2 fully saturated rings. The zero-order chi connectivity index (χ0) is 15.0. The van der Waals surface area contributed by atoms with Crippen molar-refractivity contribution in [1.82, 2.24) is 10.3 Å². The molecule has 1 saturated heterocycles. The maximum atomic E-state index is 12.2. The summed E-state index contributed by atoms with van der Waals surface area (Å²) in [7, 11) is 0. The van der Waals surface area contributed by atoms with Crippen molar-refractivity contribution < 1.29 is 9.53 Å². The molecule has 1 unspecified atom stereocenters. The lowest BCUT2D eigenvalue weighted by molar-refractivity contribution is 0.0955. The summed E-state index contributed by atoms with van der Waals surface area (Å²) in [5.41, 5.74) is 6.27. The van der Waals surface area contributed by atoms with Crippen LogP contribution in [0.2, 0.25) is 0 Å². The van der Waals surface area contributed by atoms with Crippen molar-refractivity contribution in [3.05, 3.63) is 4.88 Å². The Morgan fingerprint density at radius 2 is 2.19 bits per heavy atom. The summed E-state index contributed by atoms with van der Waals surface area (Å²) in [6, 6.07) is 0. The number of rotatable bonds is 4. The van der Waals surface area contributed by atoms with Crippen LogP contribution < -0.4 is 16.0 Å². The summed E-state index contributed by atoms with van der Waals surface area (Å²) >= 11 is 1.37. The largest absolute Gasteiger partial charge is 0.382 e. The van der Waals surface area contributed by atoms with Crippen molar-refractivity contribution in [3.8, 4) is 0 Å². The van der Waals surface area contributed by atoms with Crippen molar-refractivity contribution in [2.75, 3.05) is 43.5 Å². The molecule has 1 aromatic rings. The molecule has 0 bridgehead atoms. The second-order valence-corrected chi connectivity index (χ2v) is 7.39. The van der Waals surface area contributed by atoms with Gasteiger partial charge in [0.2, 0.25) is 0 Å². The number of nitrogens with two attached hydrogens (primary N) is 1. The number of thiazole rings is 1. The van der Waals surface area contributed by atoms with Gasteiger partial charge in [-0.2, -0.15) is 0 Å². The fourth-order valence-corrected chi connectivity index (χ4v) is 3.55. The Morgan fingerprint density at radius 1 is 1.52 bits per heavy atom. The van der Waals surface area contributed by atoms with E-state index in [0.29, 0.717) is 35.2 Å². The van der Waals surface area contributed by atoms with Crippen LogP contribution in [0.4, 0.5) is 10.9 Å². The Labute approximate surface area is 128 Å². The van der Waals surface area contributed by atoms with Crippen molar-refractivity contribution >= 4 is 28.2 Å². The Morgan fingerprint density at radius 3 is 2.81 bits per heavy atom. The molecule has 7 heteroatoms. The van der Waals surface area contributed by atoms with Gasteiger partial charge in [0.1, 0.15) is 10.7 Å². The van der Waals surface area contributed by atoms with Crippen LogP contribution in [0.3, 0.4) is 0 Å². The summed E-state index contributed by atoms with van der Waals surface area (Å²) in [5, 5.41) is 3.79. The molecule has 0 radical (unpaired) electrons. The third-order valence-electron chi connectivity index (χ3n) is 4.36. The minimum absolute atomic E-state index is 0.104. The summed E-state index contributed by atoms with van der Waals surface area (Å²) < 4.78 is 5.32. The number of hydrogen-bond donors (Lipinski definition) is 2. The number of nitrogens with one attached hydrogen (secondary N) is 1. The van der Waals surface area contributed by atoms with Crippen molar-refractivity contribution in [2.45, 2.75) is 20.3 Å². The second-order valence-electron chi connectivity index (χ2n) is 6.41. The molecule has 1 aliphatic heterocycles. The van der Waals surface area contributed by atoms with Crippen LogP contribution in [0.25, 0.3) is 0 Å². The van der Waals surface area contributed by atoms with Crippen LogP contribution in [-0.4, -0.2) is 43.7 Å². The second kappa shape index (κ2) is 5.46. The third kappa shape index (κ3) is 3.13. The maximum absolute atomic E-state index is 12.2. The zero-order valence-electron chi connectivity index (χ0n) is 12.5. The Kier molecular flexibility index (Phi) is 3.79. The molecular weight excluding hydrogens is 288 g/mol. The summed E-state index contributed by atoms with van der Waals surface area (Å²) in [6.45, 7) is 8.14. The Hall–Kier alpha value is -1.34. The first-order valence-electron chi connectivity index (χ1n) is 7.34. The fraction of sp³-hybridized carbons (Fsp3) is 0.714. The van der Waals surface area contributed by atoms with E-state index >= 15 is 0 Å². The molecule has 1 amide bonds. The third-order valence-corrected chi connectivity index (χ3v) is 5.49. The molecule has 0 spiro atoms. The predicted octanol–water partition coefficient (Wildman–Crippen LogP) is 1.34. The molecule has 1 atom stereocenters. The van der Waals surface area contributed by atoms with Gasteiger partial charge in [0.15, 0.2) is 5.13 Å². The summed E-state index contributed by atoms with van der Waals surface area (Å²) in [6.07, 6.45) is 1.17. The average Bonchev–Trinajstić information content (AvgIpc) is 2.89. The van der Waals surface area contributed by atoms with Gasteiger partial charge >= 0.3 is 0 Å². The van der Waals surface area contributed by atoms with Crippen molar-refractivity contribution in [2.24, 2.45) is 11.3 Å². The number of nitrogens with zero attached hydrogens (tertiary/aromatic N) is 2. The molecule has 6 nitrogen and oxygen atoms in total. The van der Waals surface area contributed by atoms with Gasteiger partial charge in [-0.1, -0.05) is 25.2 Å². The molecule has 0 aromatic carbocycles. The van der Waals surface area contributed by atoms with Crippen molar-refractivity contribution in [3.63, 3.8) is 0 Å². The van der Waals surface area contributed by atoms with Crippen LogP contribution in [-0.2, 0) is 4.74 Å². The van der Waals surface area contributed by atoms with E-state index in [-0.39, 0.29) is 5.91 Å². The molecule has 2 aliphatic rings. The number of morpholine rings is 1. The van der Waals surface area contributed by atoms with E-state index in [2.05, 4.69) is 29.0 Å². The maximum Gasteiger partial charge on any atom is 0.265 e. The summed E-state index contributed by atoms with van der Waals surface area (Å²) in [5.74, 6) is 0.801. The van der Waals surface area contributed by atoms with Gasteiger partial charge in [-0.15, -0.1) is 0 Å². The molecule has 1 saturated carbocycles. The topological polar surface area (TPSA) is 80.5 Å². The Bertz CT molecular complexity index is 537. The smallest absolute Gasteiger partial charge is 0.265 e. The number of carbonyl (C=O) groups is 1. The summed E-state index contributed by atoms with van der Waals surface area (Å²) in [4.78, 5) is 19.2. The first-order chi connectivity index (χ1) is 9.97. The fourth-order valence-electron chi connectivity index (χ4n) is 2.59. The first-order valence-corrected chi connectivity index (χ1v) is 8.16. The number of hydrogen-bond acceptors (Lipinski definition) is 6. The molecule has 3 N–H and O–H groups in total. The first kappa shape index (κ1) is 14.6. The van der Waals surface area contributed by atoms with Crippen LogP contribution in [0, 0.1) is 11.3 Å². The monoisotopic (exact) mass is 310 g/mol. The molecule has 1 aromatic heterocycles. The van der Waals surface area contributed by atoms with E-state index < -0.39 is 0 Å². The highest BCUT2D eigenvalue weighted by Gasteiger charge is 2.45. The SMILES string of the molecule is CC1(C)CC1CNC(=O)c1sc(N2CCOCC2)nc1N. The molecular formula is C14H22N4O2S. The highest BCUT2D eigenvalue weighted by Crippen LogP contribution is 2.51. The van der Waals surface area contributed by atoms with Gasteiger partial charge in [0.25, 0.3) is 5.91 Å². The lowest BCUT2D eigenvalue weighted by atomic mass is 10.1. The minimum Gasteiger partial charge on any atom is -0.382 e. The van der Waals surface area contributed by atoms with E-state index in [0.717, 1.165) is 24.8 Å². The van der Waals surface area contributed by atoms with Crippen molar-refractivity contribution in [1.29, 1.82) is 0 Å². The van der Waals surface area contributed by atoms with Gasteiger partial charge in [-0.25, -0.2) is 4.98 Å². The van der Waals surface area contributed by atoms with Crippen LogP contribution in [0.5, 0.6) is 0 Å². The average molecular weight is 310 g/mol. The molecule has 21 heavy (non-hydrogen) atoms. The lowest BCUT2D eigenvalue weighted by Crippen LogP contribution is -2.36. The van der Waals surface area contributed by atoms with Crippen LogP contribution >= 0.6 is 11.3 Å². The predicted molar refractivity (Wildman–Crippen MR) is 83.8 cm³/mol. The van der Waals surface area contributed by atoms with E-state index in [9.17, 15) is 4.79 Å². The number of aromatic nitrogens is 1. The molecule has 3 rings (SSSR count). The number of nitrogen functional groups attached to an aromatic ring is 1. The lowest BCUT2D eigenvalue weighted by Gasteiger charge is -2.25. The molecule has 1 aliphatic carbocycles. The van der Waals surface area contributed by atoms with Gasteiger partial charge in [0.05, 0.1) is 13.2 Å². The van der Waals surface area contributed by atoms with Gasteiger partial charge < -0.3 is 20.7 Å². The van der Waals surface area contributed by atoms with Crippen LogP contribution in [0.15, 0.2) is 0 Å².